The van der Waals surface area contributed by atoms with Gasteiger partial charge in [-0.2, -0.15) is 0 Å². The second-order valence-corrected chi connectivity index (χ2v) is 4.68. The fourth-order valence-electron chi connectivity index (χ4n) is 2.07. The number of carboxylic acid groups (broad SMARTS) is 1. The number of para-hydroxylation sites is 2. The van der Waals surface area contributed by atoms with E-state index in [2.05, 4.69) is 5.32 Å². The molecular weight excluding hydrogens is 278 g/mol. The number of nitrogens with one attached hydrogen (secondary N) is 1. The molecule has 1 atom stereocenters. The molecule has 114 valence electrons. The van der Waals surface area contributed by atoms with Crippen LogP contribution in [0.3, 0.4) is 0 Å². The van der Waals surface area contributed by atoms with Crippen LogP contribution in [-0.4, -0.2) is 49.5 Å². The van der Waals surface area contributed by atoms with Crippen molar-refractivity contribution in [2.75, 3.05) is 26.9 Å². The Balaban J connectivity index is 1.94. The van der Waals surface area contributed by atoms with E-state index < -0.39 is 17.4 Å². The first-order valence-corrected chi connectivity index (χ1v) is 6.45. The molecule has 1 fully saturated rings. The summed E-state index contributed by atoms with van der Waals surface area (Å²) in [6.45, 7) is -0.0297. The maximum absolute atomic E-state index is 11.9. The number of carbonyl (C=O) groups excluding carboxylic acids is 1. The Morgan fingerprint density at radius 2 is 2.10 bits per heavy atom. The summed E-state index contributed by atoms with van der Waals surface area (Å²) in [5, 5.41) is 11.7. The first kappa shape index (κ1) is 15.1. The highest BCUT2D eigenvalue weighted by Crippen LogP contribution is 2.25. The zero-order chi connectivity index (χ0) is 15.3. The third-order valence-corrected chi connectivity index (χ3v) is 3.24. The molecule has 1 saturated heterocycles. The summed E-state index contributed by atoms with van der Waals surface area (Å²) in [7, 11) is 1.50. The van der Waals surface area contributed by atoms with Crippen LogP contribution in [0.4, 0.5) is 0 Å². The second kappa shape index (κ2) is 6.45. The van der Waals surface area contributed by atoms with E-state index in [0.29, 0.717) is 18.1 Å². The fourth-order valence-corrected chi connectivity index (χ4v) is 2.07. The Hall–Kier alpha value is -2.28. The van der Waals surface area contributed by atoms with Crippen molar-refractivity contribution in [3.63, 3.8) is 0 Å². The minimum Gasteiger partial charge on any atom is -0.493 e. The number of carboxylic acids is 1. The van der Waals surface area contributed by atoms with Crippen LogP contribution in [0, 0.1) is 0 Å². The van der Waals surface area contributed by atoms with Crippen molar-refractivity contribution >= 4 is 11.9 Å². The van der Waals surface area contributed by atoms with Gasteiger partial charge in [0.25, 0.3) is 5.91 Å². The highest BCUT2D eigenvalue weighted by molar-refractivity contribution is 5.88. The molecule has 2 rings (SSSR count). The Morgan fingerprint density at radius 1 is 1.38 bits per heavy atom. The van der Waals surface area contributed by atoms with Gasteiger partial charge in [-0.15, -0.1) is 0 Å². The second-order valence-electron chi connectivity index (χ2n) is 4.68. The Bertz CT molecular complexity index is 524. The van der Waals surface area contributed by atoms with Gasteiger partial charge in [0.2, 0.25) is 0 Å². The van der Waals surface area contributed by atoms with Gasteiger partial charge in [-0.25, -0.2) is 4.79 Å². The third kappa shape index (κ3) is 3.43. The molecule has 1 aromatic carbocycles. The SMILES string of the molecule is COc1ccccc1OCC(=O)NC1(C(=O)O)CCOC1. The first-order valence-electron chi connectivity index (χ1n) is 6.45. The molecule has 21 heavy (non-hydrogen) atoms. The molecule has 0 aromatic heterocycles. The predicted molar refractivity (Wildman–Crippen MR) is 72.4 cm³/mol. The molecule has 1 aromatic rings. The number of rotatable bonds is 6. The standard InChI is InChI=1S/C14H17NO6/c1-19-10-4-2-3-5-11(10)21-8-12(16)15-14(13(17)18)6-7-20-9-14/h2-5H,6-9H2,1H3,(H,15,16)(H,17,18). The van der Waals surface area contributed by atoms with E-state index in [0.717, 1.165) is 0 Å². The molecular formula is C14H17NO6. The van der Waals surface area contributed by atoms with Crippen molar-refractivity contribution in [2.24, 2.45) is 0 Å². The molecule has 2 N–H and O–H groups in total. The van der Waals surface area contributed by atoms with Crippen LogP contribution in [0.2, 0.25) is 0 Å². The number of carbonyl (C=O) groups is 2. The van der Waals surface area contributed by atoms with Gasteiger partial charge in [-0.3, -0.25) is 4.79 Å². The Kier molecular flexibility index (Phi) is 4.64. The summed E-state index contributed by atoms with van der Waals surface area (Å²) in [5.74, 6) is -0.705. The number of ether oxygens (including phenoxy) is 3. The van der Waals surface area contributed by atoms with Crippen molar-refractivity contribution < 1.29 is 28.9 Å². The van der Waals surface area contributed by atoms with E-state index in [4.69, 9.17) is 14.2 Å². The van der Waals surface area contributed by atoms with E-state index in [9.17, 15) is 14.7 Å². The Morgan fingerprint density at radius 3 is 2.67 bits per heavy atom. The van der Waals surface area contributed by atoms with E-state index in [1.807, 2.05) is 0 Å². The summed E-state index contributed by atoms with van der Waals surface area (Å²) in [6, 6.07) is 6.90. The summed E-state index contributed by atoms with van der Waals surface area (Å²) in [6.07, 6.45) is 0.239. The number of hydrogen-bond acceptors (Lipinski definition) is 5. The maximum Gasteiger partial charge on any atom is 0.331 e. The molecule has 1 unspecified atom stereocenters. The van der Waals surface area contributed by atoms with Crippen LogP contribution in [0.15, 0.2) is 24.3 Å². The molecule has 1 aliphatic rings. The lowest BCUT2D eigenvalue weighted by Crippen LogP contribution is -2.56. The van der Waals surface area contributed by atoms with Crippen molar-refractivity contribution in [3.8, 4) is 11.5 Å². The van der Waals surface area contributed by atoms with Gasteiger partial charge < -0.3 is 24.6 Å². The molecule has 1 aliphatic heterocycles. The van der Waals surface area contributed by atoms with Crippen molar-refractivity contribution in [1.82, 2.24) is 5.32 Å². The van der Waals surface area contributed by atoms with Gasteiger partial charge in [-0.05, 0) is 12.1 Å². The van der Waals surface area contributed by atoms with Gasteiger partial charge in [0, 0.05) is 13.0 Å². The molecule has 7 heteroatoms. The number of benzene rings is 1. The van der Waals surface area contributed by atoms with Crippen LogP contribution in [0.5, 0.6) is 11.5 Å². The van der Waals surface area contributed by atoms with E-state index in [1.54, 1.807) is 24.3 Å². The van der Waals surface area contributed by atoms with Gasteiger partial charge >= 0.3 is 5.97 Å². The first-order chi connectivity index (χ1) is 10.1. The van der Waals surface area contributed by atoms with Crippen molar-refractivity contribution in [3.05, 3.63) is 24.3 Å². The van der Waals surface area contributed by atoms with Crippen molar-refractivity contribution in [1.29, 1.82) is 0 Å². The summed E-state index contributed by atoms with van der Waals surface area (Å²) >= 11 is 0. The van der Waals surface area contributed by atoms with Crippen molar-refractivity contribution in [2.45, 2.75) is 12.0 Å². The van der Waals surface area contributed by atoms with Crippen LogP contribution in [0.1, 0.15) is 6.42 Å². The van der Waals surface area contributed by atoms with E-state index in [1.165, 1.54) is 7.11 Å². The highest BCUT2D eigenvalue weighted by atomic mass is 16.5. The fraction of sp³-hybridized carbons (Fsp3) is 0.429. The topological polar surface area (TPSA) is 94.1 Å². The molecule has 0 bridgehead atoms. The largest absolute Gasteiger partial charge is 0.493 e. The predicted octanol–water partition coefficient (Wildman–Crippen LogP) is 0.434. The zero-order valence-electron chi connectivity index (χ0n) is 11.6. The Labute approximate surface area is 121 Å². The number of hydrogen-bond donors (Lipinski definition) is 2. The normalized spacial score (nSPS) is 20.8. The molecule has 0 saturated carbocycles. The minimum absolute atomic E-state index is 0.0390. The highest BCUT2D eigenvalue weighted by Gasteiger charge is 2.43. The molecule has 0 aliphatic carbocycles. The average molecular weight is 295 g/mol. The maximum atomic E-state index is 11.9. The average Bonchev–Trinajstić information content (AvgIpc) is 2.95. The van der Waals surface area contributed by atoms with E-state index in [-0.39, 0.29) is 19.6 Å². The smallest absolute Gasteiger partial charge is 0.331 e. The third-order valence-electron chi connectivity index (χ3n) is 3.24. The molecule has 7 nitrogen and oxygen atoms in total. The molecule has 1 heterocycles. The molecule has 0 spiro atoms. The number of aliphatic carboxylic acids is 1. The lowest BCUT2D eigenvalue weighted by atomic mass is 9.99. The monoisotopic (exact) mass is 295 g/mol. The van der Waals surface area contributed by atoms with Crippen LogP contribution in [-0.2, 0) is 14.3 Å². The minimum atomic E-state index is -1.36. The summed E-state index contributed by atoms with van der Waals surface area (Å²) in [5.41, 5.74) is -1.36. The lowest BCUT2D eigenvalue weighted by Gasteiger charge is -2.23. The van der Waals surface area contributed by atoms with Gasteiger partial charge in [0.05, 0.1) is 13.7 Å². The molecule has 0 radical (unpaired) electrons. The number of methoxy groups -OCH3 is 1. The van der Waals surface area contributed by atoms with Crippen LogP contribution >= 0.6 is 0 Å². The molecule has 1 amide bonds. The number of amides is 1. The summed E-state index contributed by atoms with van der Waals surface area (Å²) in [4.78, 5) is 23.2. The quantitative estimate of drug-likeness (QED) is 0.790. The van der Waals surface area contributed by atoms with Gasteiger partial charge in [-0.1, -0.05) is 12.1 Å². The summed E-state index contributed by atoms with van der Waals surface area (Å²) < 4.78 is 15.5. The van der Waals surface area contributed by atoms with Gasteiger partial charge in [0.15, 0.2) is 23.6 Å². The zero-order valence-corrected chi connectivity index (χ0v) is 11.6. The van der Waals surface area contributed by atoms with E-state index >= 15 is 0 Å². The van der Waals surface area contributed by atoms with Gasteiger partial charge in [0.1, 0.15) is 0 Å². The lowest BCUT2D eigenvalue weighted by molar-refractivity contribution is -0.148. The van der Waals surface area contributed by atoms with Crippen LogP contribution in [0.25, 0.3) is 0 Å². The van der Waals surface area contributed by atoms with Crippen LogP contribution < -0.4 is 14.8 Å².